The highest BCUT2D eigenvalue weighted by atomic mass is 79.9. The average Bonchev–Trinajstić information content (AvgIpc) is 3.33. The van der Waals surface area contributed by atoms with Gasteiger partial charge in [0.05, 0.1) is 23.1 Å². The number of rotatable bonds is 5. The quantitative estimate of drug-likeness (QED) is 0.266. The predicted molar refractivity (Wildman–Crippen MR) is 123 cm³/mol. The predicted octanol–water partition coefficient (Wildman–Crippen LogP) is 6.03. The van der Waals surface area contributed by atoms with Crippen LogP contribution in [0.1, 0.15) is 27.7 Å². The maximum absolute atomic E-state index is 12.6. The summed E-state index contributed by atoms with van der Waals surface area (Å²) in [5.41, 5.74) is 6.45. The fourth-order valence-corrected chi connectivity index (χ4v) is 5.24. The largest absolute Gasteiger partial charge is 0.283 e. The van der Waals surface area contributed by atoms with Crippen LogP contribution in [-0.4, -0.2) is 22.3 Å². The van der Waals surface area contributed by atoms with Gasteiger partial charge >= 0.3 is 0 Å². The Kier molecular flexibility index (Phi) is 5.80. The third kappa shape index (κ3) is 3.99. The number of carbonyl (C=O) groups excluding carboxylic acids is 1. The van der Waals surface area contributed by atoms with Gasteiger partial charge in [-0.05, 0) is 24.1 Å². The highest BCUT2D eigenvalue weighted by Crippen LogP contribution is 2.39. The van der Waals surface area contributed by atoms with Gasteiger partial charge in [0.15, 0.2) is 0 Å². The van der Waals surface area contributed by atoms with E-state index in [-0.39, 0.29) is 5.91 Å². The fraction of sp³-hybridized carbons (Fsp3) is 0.0952. The van der Waals surface area contributed by atoms with Gasteiger partial charge in [0.2, 0.25) is 0 Å². The van der Waals surface area contributed by atoms with Crippen molar-refractivity contribution < 1.29 is 4.79 Å². The molecule has 0 bridgehead atoms. The van der Waals surface area contributed by atoms with E-state index >= 15 is 0 Å². The van der Waals surface area contributed by atoms with Crippen LogP contribution in [0.3, 0.4) is 0 Å². The summed E-state index contributed by atoms with van der Waals surface area (Å²) in [5, 5.41) is 12.4. The van der Waals surface area contributed by atoms with Gasteiger partial charge in [0, 0.05) is 25.7 Å². The average molecular weight is 488 g/mol. The molecule has 5 nitrogen and oxygen atoms in total. The number of aryl methyl sites for hydroxylation is 1. The standard InChI is InChI=1S/C21H16BrClN4OS/c1-2-12-6-8-13(9-7-12)19-14(10-24-26-19)11-25-27-21(28)20-18(23)17-15(22)4-3-5-16(17)29-20/h3-11H,2H2,1H3,(H,24,26)(H,27,28)/b25-11+. The summed E-state index contributed by atoms with van der Waals surface area (Å²) in [6.07, 6.45) is 4.23. The maximum atomic E-state index is 12.6. The molecule has 146 valence electrons. The summed E-state index contributed by atoms with van der Waals surface area (Å²) in [4.78, 5) is 13.0. The lowest BCUT2D eigenvalue weighted by Gasteiger charge is -2.02. The van der Waals surface area contributed by atoms with E-state index in [2.05, 4.69) is 55.7 Å². The Morgan fingerprint density at radius 1 is 1.31 bits per heavy atom. The molecule has 0 saturated heterocycles. The summed E-state index contributed by atoms with van der Waals surface area (Å²) in [6.45, 7) is 2.12. The molecule has 29 heavy (non-hydrogen) atoms. The van der Waals surface area contributed by atoms with Crippen LogP contribution in [0.4, 0.5) is 0 Å². The first-order chi connectivity index (χ1) is 14.1. The van der Waals surface area contributed by atoms with Crippen molar-refractivity contribution in [1.29, 1.82) is 0 Å². The third-order valence-electron chi connectivity index (χ3n) is 4.50. The van der Waals surface area contributed by atoms with Gasteiger partial charge in [-0.3, -0.25) is 9.89 Å². The fourth-order valence-electron chi connectivity index (χ4n) is 2.96. The van der Waals surface area contributed by atoms with E-state index in [4.69, 9.17) is 11.6 Å². The SMILES string of the molecule is CCc1ccc(-c2[nH]ncc2/C=N/NC(=O)c2sc3cccc(Br)c3c2Cl)cc1. The number of carbonyl (C=O) groups is 1. The van der Waals surface area contributed by atoms with Crippen molar-refractivity contribution in [2.75, 3.05) is 0 Å². The molecule has 4 aromatic rings. The Balaban J connectivity index is 1.53. The number of amides is 1. The zero-order chi connectivity index (χ0) is 20.4. The van der Waals surface area contributed by atoms with Gasteiger partial charge in [-0.2, -0.15) is 10.2 Å². The zero-order valence-electron chi connectivity index (χ0n) is 15.4. The Morgan fingerprint density at radius 3 is 2.83 bits per heavy atom. The Hall–Kier alpha value is -2.48. The van der Waals surface area contributed by atoms with Crippen LogP contribution >= 0.6 is 38.9 Å². The minimum atomic E-state index is -0.350. The van der Waals surface area contributed by atoms with E-state index in [0.29, 0.717) is 9.90 Å². The van der Waals surface area contributed by atoms with E-state index in [9.17, 15) is 4.79 Å². The van der Waals surface area contributed by atoms with E-state index < -0.39 is 0 Å². The van der Waals surface area contributed by atoms with Crippen LogP contribution in [0.15, 0.2) is 58.2 Å². The van der Waals surface area contributed by atoms with Gasteiger partial charge in [-0.1, -0.05) is 64.8 Å². The van der Waals surface area contributed by atoms with Crippen LogP contribution in [0.5, 0.6) is 0 Å². The molecule has 1 amide bonds. The number of aromatic amines is 1. The van der Waals surface area contributed by atoms with Gasteiger partial charge in [0.1, 0.15) is 4.88 Å². The normalized spacial score (nSPS) is 11.4. The van der Waals surface area contributed by atoms with E-state index in [1.54, 1.807) is 12.4 Å². The number of nitrogens with zero attached hydrogens (tertiary/aromatic N) is 2. The number of aromatic nitrogens is 2. The minimum absolute atomic E-state index is 0.350. The smallest absolute Gasteiger partial charge is 0.277 e. The zero-order valence-corrected chi connectivity index (χ0v) is 18.5. The molecular formula is C21H16BrClN4OS. The van der Waals surface area contributed by atoms with E-state index in [1.165, 1.54) is 16.9 Å². The Bertz CT molecular complexity index is 1210. The van der Waals surface area contributed by atoms with Crippen molar-refractivity contribution in [1.82, 2.24) is 15.6 Å². The lowest BCUT2D eigenvalue weighted by Crippen LogP contribution is -2.16. The molecule has 2 N–H and O–H groups in total. The van der Waals surface area contributed by atoms with Crippen molar-refractivity contribution >= 4 is 61.1 Å². The molecule has 8 heteroatoms. The van der Waals surface area contributed by atoms with Crippen molar-refractivity contribution in [3.8, 4) is 11.3 Å². The van der Waals surface area contributed by atoms with E-state index in [0.717, 1.165) is 37.8 Å². The second-order valence-electron chi connectivity index (χ2n) is 6.31. The van der Waals surface area contributed by atoms with Gasteiger partial charge in [-0.25, -0.2) is 5.43 Å². The molecule has 0 aliphatic heterocycles. The molecule has 0 radical (unpaired) electrons. The summed E-state index contributed by atoms with van der Waals surface area (Å²) in [7, 11) is 0. The molecule has 4 rings (SSSR count). The summed E-state index contributed by atoms with van der Waals surface area (Å²) in [6, 6.07) is 14.0. The van der Waals surface area contributed by atoms with Crippen molar-refractivity contribution in [2.24, 2.45) is 5.10 Å². The van der Waals surface area contributed by atoms with Crippen LogP contribution in [0.2, 0.25) is 5.02 Å². The number of thiophene rings is 1. The van der Waals surface area contributed by atoms with Crippen molar-refractivity contribution in [3.63, 3.8) is 0 Å². The highest BCUT2D eigenvalue weighted by molar-refractivity contribution is 9.10. The molecule has 0 aliphatic rings. The van der Waals surface area contributed by atoms with Crippen molar-refractivity contribution in [3.05, 3.63) is 74.2 Å². The van der Waals surface area contributed by atoms with Gasteiger partial charge in [-0.15, -0.1) is 11.3 Å². The number of hydrogen-bond donors (Lipinski definition) is 2. The lowest BCUT2D eigenvalue weighted by molar-refractivity contribution is 0.0959. The first-order valence-corrected chi connectivity index (χ1v) is 10.9. The van der Waals surface area contributed by atoms with E-state index in [1.807, 2.05) is 30.3 Å². The first kappa shape index (κ1) is 19.8. The molecule has 0 atom stereocenters. The third-order valence-corrected chi connectivity index (χ3v) is 6.81. The van der Waals surface area contributed by atoms with Crippen molar-refractivity contribution in [2.45, 2.75) is 13.3 Å². The van der Waals surface area contributed by atoms with Crippen LogP contribution in [0, 0.1) is 0 Å². The monoisotopic (exact) mass is 486 g/mol. The molecule has 0 aliphatic carbocycles. The maximum Gasteiger partial charge on any atom is 0.283 e. The molecular weight excluding hydrogens is 472 g/mol. The number of fused-ring (bicyclic) bond motifs is 1. The molecule has 0 fully saturated rings. The molecule has 0 unspecified atom stereocenters. The number of H-pyrrole nitrogens is 1. The molecule has 2 aromatic carbocycles. The van der Waals surface area contributed by atoms with Gasteiger partial charge in [0.25, 0.3) is 5.91 Å². The number of nitrogens with one attached hydrogen (secondary N) is 2. The second kappa shape index (κ2) is 8.49. The lowest BCUT2D eigenvalue weighted by atomic mass is 10.1. The summed E-state index contributed by atoms with van der Waals surface area (Å²) >= 11 is 11.2. The second-order valence-corrected chi connectivity index (χ2v) is 8.59. The Labute approximate surface area is 184 Å². The molecule has 2 heterocycles. The van der Waals surface area contributed by atoms with Crippen LogP contribution in [-0.2, 0) is 6.42 Å². The highest BCUT2D eigenvalue weighted by Gasteiger charge is 2.18. The molecule has 0 spiro atoms. The number of hydrazone groups is 1. The number of hydrogen-bond acceptors (Lipinski definition) is 4. The Morgan fingerprint density at radius 2 is 2.10 bits per heavy atom. The minimum Gasteiger partial charge on any atom is -0.277 e. The van der Waals surface area contributed by atoms with Crippen LogP contribution < -0.4 is 5.43 Å². The first-order valence-electron chi connectivity index (χ1n) is 8.91. The van der Waals surface area contributed by atoms with Crippen LogP contribution in [0.25, 0.3) is 21.3 Å². The molecule has 2 aromatic heterocycles. The topological polar surface area (TPSA) is 70.1 Å². The number of benzene rings is 2. The molecule has 0 saturated carbocycles. The number of halogens is 2. The summed E-state index contributed by atoms with van der Waals surface area (Å²) in [5.74, 6) is -0.350. The summed E-state index contributed by atoms with van der Waals surface area (Å²) < 4.78 is 1.79. The van der Waals surface area contributed by atoms with Gasteiger partial charge < -0.3 is 0 Å².